The molecule has 2 rings (SSSR count). The lowest BCUT2D eigenvalue weighted by molar-refractivity contribution is -0.118. The molecule has 0 unspecified atom stereocenters. The molecule has 1 aromatic carbocycles. The maximum atomic E-state index is 11.6. The Labute approximate surface area is 106 Å². The van der Waals surface area contributed by atoms with Crippen molar-refractivity contribution >= 4 is 11.7 Å². The van der Waals surface area contributed by atoms with E-state index in [1.54, 1.807) is 0 Å². The minimum Gasteiger partial charge on any atom is -0.493 e. The molecule has 0 aliphatic heterocycles. The molecule has 0 saturated heterocycles. The summed E-state index contributed by atoms with van der Waals surface area (Å²) in [6, 6.07) is 5.59. The van der Waals surface area contributed by atoms with E-state index in [0.717, 1.165) is 36.1 Å². The van der Waals surface area contributed by atoms with Crippen molar-refractivity contribution in [3.05, 3.63) is 29.3 Å². The number of hydrogen-bond donors (Lipinski definition) is 1. The molecule has 2 N–H and O–H groups in total. The topological polar surface area (TPSA) is 69.4 Å². The third-order valence-corrected chi connectivity index (χ3v) is 3.11. The van der Waals surface area contributed by atoms with Gasteiger partial charge in [0.1, 0.15) is 5.75 Å². The summed E-state index contributed by atoms with van der Waals surface area (Å²) < 4.78 is 5.67. The number of amides is 1. The van der Waals surface area contributed by atoms with Gasteiger partial charge < -0.3 is 10.5 Å². The predicted molar refractivity (Wildman–Crippen MR) is 67.6 cm³/mol. The van der Waals surface area contributed by atoms with Crippen LogP contribution in [0.1, 0.15) is 41.6 Å². The van der Waals surface area contributed by atoms with Gasteiger partial charge in [0.05, 0.1) is 6.61 Å². The number of nitrogens with two attached hydrogens (primary N) is 1. The molecule has 0 fully saturated rings. The summed E-state index contributed by atoms with van der Waals surface area (Å²) in [5.74, 6) is 0.725. The Bertz CT molecular complexity index is 468. The van der Waals surface area contributed by atoms with E-state index in [1.165, 1.54) is 0 Å². The first kappa shape index (κ1) is 12.6. The van der Waals surface area contributed by atoms with Gasteiger partial charge in [-0.15, -0.1) is 0 Å². The van der Waals surface area contributed by atoms with Crippen molar-refractivity contribution in [2.24, 2.45) is 5.73 Å². The van der Waals surface area contributed by atoms with Crippen LogP contribution in [0.3, 0.4) is 0 Å². The van der Waals surface area contributed by atoms with Crippen molar-refractivity contribution in [3.63, 3.8) is 0 Å². The van der Waals surface area contributed by atoms with Crippen molar-refractivity contribution in [1.29, 1.82) is 0 Å². The lowest BCUT2D eigenvalue weighted by Crippen LogP contribution is -2.10. The molecule has 4 nitrogen and oxygen atoms in total. The quantitative estimate of drug-likeness (QED) is 0.780. The van der Waals surface area contributed by atoms with Gasteiger partial charge in [-0.25, -0.2) is 0 Å². The van der Waals surface area contributed by atoms with Gasteiger partial charge in [0.25, 0.3) is 0 Å². The lowest BCUT2D eigenvalue weighted by atomic mass is 10.1. The first-order valence-electron chi connectivity index (χ1n) is 6.24. The third kappa shape index (κ3) is 2.88. The van der Waals surface area contributed by atoms with Gasteiger partial charge in [-0.2, -0.15) is 0 Å². The average Bonchev–Trinajstić information content (AvgIpc) is 2.71. The van der Waals surface area contributed by atoms with Crippen LogP contribution in [0, 0.1) is 0 Å². The lowest BCUT2D eigenvalue weighted by Gasteiger charge is -2.09. The normalized spacial score (nSPS) is 13.4. The Hall–Kier alpha value is -1.84. The Morgan fingerprint density at radius 1 is 1.28 bits per heavy atom. The standard InChI is InChI=1S/C14H17NO3/c15-14(17)6-1-2-9-18-13-5-3-4-10-11(13)7-8-12(10)16/h3-5H,1-2,6-9H2,(H2,15,17). The van der Waals surface area contributed by atoms with E-state index in [9.17, 15) is 9.59 Å². The van der Waals surface area contributed by atoms with E-state index < -0.39 is 0 Å². The second kappa shape index (κ2) is 5.67. The minimum absolute atomic E-state index is 0.198. The Morgan fingerprint density at radius 3 is 2.89 bits per heavy atom. The van der Waals surface area contributed by atoms with Gasteiger partial charge in [0.15, 0.2) is 5.78 Å². The second-order valence-corrected chi connectivity index (χ2v) is 4.48. The maximum Gasteiger partial charge on any atom is 0.217 e. The van der Waals surface area contributed by atoms with Crippen LogP contribution in [0.2, 0.25) is 0 Å². The van der Waals surface area contributed by atoms with Crippen LogP contribution in [0.4, 0.5) is 0 Å². The van der Waals surface area contributed by atoms with E-state index in [1.807, 2.05) is 18.2 Å². The van der Waals surface area contributed by atoms with Gasteiger partial charge >= 0.3 is 0 Å². The SMILES string of the molecule is NC(=O)CCCCOc1cccc2c1CCC2=O. The van der Waals surface area contributed by atoms with Crippen molar-refractivity contribution in [3.8, 4) is 5.75 Å². The molecule has 18 heavy (non-hydrogen) atoms. The zero-order valence-corrected chi connectivity index (χ0v) is 10.3. The Balaban J connectivity index is 1.87. The molecule has 1 aliphatic carbocycles. The molecule has 0 atom stereocenters. The second-order valence-electron chi connectivity index (χ2n) is 4.48. The summed E-state index contributed by atoms with van der Waals surface area (Å²) in [7, 11) is 0. The van der Waals surface area contributed by atoms with E-state index in [0.29, 0.717) is 19.4 Å². The summed E-state index contributed by atoms with van der Waals surface area (Å²) in [5, 5.41) is 0. The zero-order chi connectivity index (χ0) is 13.0. The number of hydrogen-bond acceptors (Lipinski definition) is 3. The number of rotatable bonds is 6. The molecule has 96 valence electrons. The molecule has 0 bridgehead atoms. The van der Waals surface area contributed by atoms with E-state index in [2.05, 4.69) is 0 Å². The molecule has 0 heterocycles. The molecule has 1 amide bonds. The number of fused-ring (bicyclic) bond motifs is 1. The van der Waals surface area contributed by atoms with Crippen LogP contribution in [0.25, 0.3) is 0 Å². The van der Waals surface area contributed by atoms with Crippen molar-refractivity contribution in [2.75, 3.05) is 6.61 Å². The third-order valence-electron chi connectivity index (χ3n) is 3.11. The highest BCUT2D eigenvalue weighted by Crippen LogP contribution is 2.30. The first-order valence-corrected chi connectivity index (χ1v) is 6.24. The Kier molecular flexibility index (Phi) is 3.97. The van der Waals surface area contributed by atoms with Gasteiger partial charge in [-0.1, -0.05) is 12.1 Å². The van der Waals surface area contributed by atoms with Crippen LogP contribution in [0.5, 0.6) is 5.75 Å². The average molecular weight is 247 g/mol. The van der Waals surface area contributed by atoms with Crippen LogP contribution < -0.4 is 10.5 Å². The monoisotopic (exact) mass is 247 g/mol. The molecule has 4 heteroatoms. The van der Waals surface area contributed by atoms with Crippen molar-refractivity contribution < 1.29 is 14.3 Å². The number of Topliss-reactive ketones (excluding diaryl/α,β-unsaturated/α-hetero) is 1. The number of primary amides is 1. The highest BCUT2D eigenvalue weighted by molar-refractivity contribution is 6.01. The number of carbonyl (C=O) groups is 2. The summed E-state index contributed by atoms with van der Waals surface area (Å²) in [5.41, 5.74) is 6.88. The molecule has 1 aromatic rings. The number of carbonyl (C=O) groups excluding carboxylic acids is 2. The van der Waals surface area contributed by atoms with E-state index in [4.69, 9.17) is 10.5 Å². The maximum absolute atomic E-state index is 11.6. The molecule has 0 radical (unpaired) electrons. The van der Waals surface area contributed by atoms with Gasteiger partial charge in [-0.3, -0.25) is 9.59 Å². The molecular formula is C14H17NO3. The van der Waals surface area contributed by atoms with Crippen molar-refractivity contribution in [1.82, 2.24) is 0 Å². The van der Waals surface area contributed by atoms with E-state index >= 15 is 0 Å². The fourth-order valence-corrected chi connectivity index (χ4v) is 2.18. The van der Waals surface area contributed by atoms with Gasteiger partial charge in [-0.05, 0) is 25.3 Å². The summed E-state index contributed by atoms with van der Waals surface area (Å²) in [4.78, 5) is 22.1. The number of ketones is 1. The molecule has 0 spiro atoms. The number of benzene rings is 1. The summed E-state index contributed by atoms with van der Waals surface area (Å²) in [6.07, 6.45) is 3.28. The van der Waals surface area contributed by atoms with Crippen LogP contribution in [0.15, 0.2) is 18.2 Å². The fourth-order valence-electron chi connectivity index (χ4n) is 2.18. The molecule has 0 aromatic heterocycles. The smallest absolute Gasteiger partial charge is 0.217 e. The number of unbranched alkanes of at least 4 members (excludes halogenated alkanes) is 1. The first-order chi connectivity index (χ1) is 8.68. The predicted octanol–water partition coefficient (Wildman–Crippen LogP) is 1.85. The van der Waals surface area contributed by atoms with Gasteiger partial charge in [0, 0.05) is 24.0 Å². The van der Waals surface area contributed by atoms with Gasteiger partial charge in [0.2, 0.25) is 5.91 Å². The van der Waals surface area contributed by atoms with E-state index in [-0.39, 0.29) is 11.7 Å². The minimum atomic E-state index is -0.277. The highest BCUT2D eigenvalue weighted by atomic mass is 16.5. The molecule has 1 aliphatic rings. The summed E-state index contributed by atoms with van der Waals surface area (Å²) >= 11 is 0. The zero-order valence-electron chi connectivity index (χ0n) is 10.3. The number of ether oxygens (including phenoxy) is 1. The van der Waals surface area contributed by atoms with Crippen molar-refractivity contribution in [2.45, 2.75) is 32.1 Å². The van der Waals surface area contributed by atoms with Crippen LogP contribution in [-0.2, 0) is 11.2 Å². The molecular weight excluding hydrogens is 230 g/mol. The Morgan fingerprint density at radius 2 is 2.11 bits per heavy atom. The fraction of sp³-hybridized carbons (Fsp3) is 0.429. The van der Waals surface area contributed by atoms with Crippen LogP contribution in [-0.4, -0.2) is 18.3 Å². The highest BCUT2D eigenvalue weighted by Gasteiger charge is 2.22. The van der Waals surface area contributed by atoms with Crippen LogP contribution >= 0.6 is 0 Å². The summed E-state index contributed by atoms with van der Waals surface area (Å²) in [6.45, 7) is 0.553. The molecule has 0 saturated carbocycles. The largest absolute Gasteiger partial charge is 0.493 e.